The Hall–Kier alpha value is -2.69. The summed E-state index contributed by atoms with van der Waals surface area (Å²) in [5, 5.41) is 3.06. The van der Waals surface area contributed by atoms with E-state index in [2.05, 4.69) is 20.3 Å². The van der Waals surface area contributed by atoms with Gasteiger partial charge < -0.3 is 9.73 Å². The Balaban J connectivity index is 1.90. The van der Waals surface area contributed by atoms with Gasteiger partial charge in [-0.25, -0.2) is 9.97 Å². The molecule has 0 fully saturated rings. The summed E-state index contributed by atoms with van der Waals surface area (Å²) in [5.74, 6) is 1.98. The summed E-state index contributed by atoms with van der Waals surface area (Å²) in [6.45, 7) is 0. The van der Waals surface area contributed by atoms with Gasteiger partial charge in [-0.05, 0) is 24.3 Å². The molecule has 0 unspecified atom stereocenters. The summed E-state index contributed by atoms with van der Waals surface area (Å²) in [6.07, 6.45) is 6.73. The van der Waals surface area contributed by atoms with Gasteiger partial charge >= 0.3 is 0 Å². The molecular formula is C13H10N4O. The number of furan rings is 1. The largest absolute Gasteiger partial charge is 0.449 e. The number of aromatic nitrogens is 3. The summed E-state index contributed by atoms with van der Waals surface area (Å²) in [4.78, 5) is 12.6. The van der Waals surface area contributed by atoms with Crippen molar-refractivity contribution in [3.8, 4) is 11.4 Å². The van der Waals surface area contributed by atoms with Crippen LogP contribution in [0.2, 0.25) is 0 Å². The van der Waals surface area contributed by atoms with Crippen LogP contribution < -0.4 is 5.32 Å². The molecule has 0 saturated carbocycles. The smallest absolute Gasteiger partial charge is 0.198 e. The third-order valence-corrected chi connectivity index (χ3v) is 2.37. The Morgan fingerprint density at radius 2 is 1.89 bits per heavy atom. The van der Waals surface area contributed by atoms with Gasteiger partial charge in [-0.2, -0.15) is 0 Å². The molecule has 0 spiro atoms. The van der Waals surface area contributed by atoms with Crippen LogP contribution in [-0.2, 0) is 0 Å². The molecule has 0 aliphatic heterocycles. The number of hydrogen-bond acceptors (Lipinski definition) is 5. The summed E-state index contributed by atoms with van der Waals surface area (Å²) in [7, 11) is 0. The lowest BCUT2D eigenvalue weighted by Crippen LogP contribution is -1.95. The number of pyridine rings is 1. The Labute approximate surface area is 104 Å². The SMILES string of the molecule is c1coc(Nc2ccnc(-c3ccncc3)n2)c1. The van der Waals surface area contributed by atoms with E-state index in [1.54, 1.807) is 30.9 Å². The Morgan fingerprint density at radius 1 is 1.00 bits per heavy atom. The van der Waals surface area contributed by atoms with Crippen molar-refractivity contribution >= 4 is 11.7 Å². The second kappa shape index (κ2) is 4.67. The number of nitrogens with one attached hydrogen (secondary N) is 1. The first-order valence-electron chi connectivity index (χ1n) is 5.46. The molecule has 0 aliphatic carbocycles. The zero-order valence-corrected chi connectivity index (χ0v) is 9.45. The molecule has 0 atom stereocenters. The minimum Gasteiger partial charge on any atom is -0.449 e. The lowest BCUT2D eigenvalue weighted by Gasteiger charge is -2.04. The van der Waals surface area contributed by atoms with Crippen LogP contribution in [0.25, 0.3) is 11.4 Å². The van der Waals surface area contributed by atoms with Gasteiger partial charge in [-0.1, -0.05) is 0 Å². The molecule has 3 rings (SSSR count). The molecule has 0 bridgehead atoms. The van der Waals surface area contributed by atoms with Gasteiger partial charge in [0.1, 0.15) is 5.82 Å². The minimum atomic E-state index is 0.647. The highest BCUT2D eigenvalue weighted by Crippen LogP contribution is 2.18. The lowest BCUT2D eigenvalue weighted by atomic mass is 10.2. The van der Waals surface area contributed by atoms with Gasteiger partial charge in [-0.3, -0.25) is 4.98 Å². The molecule has 1 N–H and O–H groups in total. The maximum atomic E-state index is 5.20. The van der Waals surface area contributed by atoms with Gasteiger partial charge in [0.25, 0.3) is 0 Å². The van der Waals surface area contributed by atoms with Crippen molar-refractivity contribution in [2.75, 3.05) is 5.32 Å². The zero-order valence-electron chi connectivity index (χ0n) is 9.45. The van der Waals surface area contributed by atoms with Crippen LogP contribution in [0, 0.1) is 0 Å². The van der Waals surface area contributed by atoms with Crippen LogP contribution in [0.1, 0.15) is 0 Å². The van der Waals surface area contributed by atoms with Crippen LogP contribution in [0.15, 0.2) is 59.6 Å². The Kier molecular flexibility index (Phi) is 2.71. The highest BCUT2D eigenvalue weighted by molar-refractivity contribution is 5.58. The molecule has 0 aromatic carbocycles. The van der Waals surface area contributed by atoms with Crippen LogP contribution in [0.4, 0.5) is 11.7 Å². The van der Waals surface area contributed by atoms with Crippen molar-refractivity contribution in [2.24, 2.45) is 0 Å². The van der Waals surface area contributed by atoms with E-state index in [0.717, 1.165) is 5.56 Å². The minimum absolute atomic E-state index is 0.647. The average Bonchev–Trinajstić information content (AvgIpc) is 2.93. The van der Waals surface area contributed by atoms with E-state index in [0.29, 0.717) is 17.5 Å². The second-order valence-corrected chi connectivity index (χ2v) is 3.60. The maximum Gasteiger partial charge on any atom is 0.198 e. The highest BCUT2D eigenvalue weighted by Gasteiger charge is 2.03. The number of hydrogen-bond donors (Lipinski definition) is 1. The lowest BCUT2D eigenvalue weighted by molar-refractivity contribution is 0.585. The van der Waals surface area contributed by atoms with Crippen LogP contribution in [-0.4, -0.2) is 15.0 Å². The fourth-order valence-corrected chi connectivity index (χ4v) is 1.54. The first-order valence-corrected chi connectivity index (χ1v) is 5.46. The predicted octanol–water partition coefficient (Wildman–Crippen LogP) is 2.88. The van der Waals surface area contributed by atoms with Gasteiger partial charge in [0.2, 0.25) is 0 Å². The van der Waals surface area contributed by atoms with Crippen molar-refractivity contribution in [2.45, 2.75) is 0 Å². The normalized spacial score (nSPS) is 10.2. The van der Waals surface area contributed by atoms with Crippen molar-refractivity contribution in [1.29, 1.82) is 0 Å². The molecule has 3 aromatic rings. The Bertz CT molecular complexity index is 623. The molecule has 88 valence electrons. The van der Waals surface area contributed by atoms with Crippen molar-refractivity contribution in [3.05, 3.63) is 55.2 Å². The molecule has 0 amide bonds. The predicted molar refractivity (Wildman–Crippen MR) is 67.3 cm³/mol. The molecule has 0 radical (unpaired) electrons. The average molecular weight is 238 g/mol. The first-order chi connectivity index (χ1) is 8.92. The zero-order chi connectivity index (χ0) is 12.2. The van der Waals surface area contributed by atoms with E-state index in [4.69, 9.17) is 4.42 Å². The Morgan fingerprint density at radius 3 is 2.67 bits per heavy atom. The molecule has 3 heterocycles. The second-order valence-electron chi connectivity index (χ2n) is 3.60. The van der Waals surface area contributed by atoms with Gasteiger partial charge in [0, 0.05) is 30.2 Å². The summed E-state index contributed by atoms with van der Waals surface area (Å²) < 4.78 is 5.20. The van der Waals surface area contributed by atoms with Gasteiger partial charge in [0.05, 0.1) is 6.26 Å². The number of rotatable bonds is 3. The van der Waals surface area contributed by atoms with Crippen LogP contribution >= 0.6 is 0 Å². The van der Waals surface area contributed by atoms with E-state index < -0.39 is 0 Å². The summed E-state index contributed by atoms with van der Waals surface area (Å²) >= 11 is 0. The third kappa shape index (κ3) is 2.20. The summed E-state index contributed by atoms with van der Waals surface area (Å²) in [5.41, 5.74) is 0.924. The monoisotopic (exact) mass is 238 g/mol. The number of nitrogens with zero attached hydrogens (tertiary/aromatic N) is 3. The molecule has 5 nitrogen and oxygen atoms in total. The van der Waals surface area contributed by atoms with Gasteiger partial charge in [0.15, 0.2) is 11.7 Å². The van der Waals surface area contributed by atoms with Gasteiger partial charge in [-0.15, -0.1) is 0 Å². The molecular weight excluding hydrogens is 228 g/mol. The van der Waals surface area contributed by atoms with Crippen molar-refractivity contribution in [1.82, 2.24) is 15.0 Å². The fourth-order valence-electron chi connectivity index (χ4n) is 1.54. The highest BCUT2D eigenvalue weighted by atomic mass is 16.3. The molecule has 0 saturated heterocycles. The topological polar surface area (TPSA) is 63.8 Å². The third-order valence-electron chi connectivity index (χ3n) is 2.37. The number of anilines is 2. The first kappa shape index (κ1) is 10.5. The van der Waals surface area contributed by atoms with Crippen molar-refractivity contribution < 1.29 is 4.42 Å². The van der Waals surface area contributed by atoms with Crippen molar-refractivity contribution in [3.63, 3.8) is 0 Å². The van der Waals surface area contributed by atoms with E-state index in [1.807, 2.05) is 24.3 Å². The van der Waals surface area contributed by atoms with Crippen LogP contribution in [0.5, 0.6) is 0 Å². The van der Waals surface area contributed by atoms with E-state index in [9.17, 15) is 0 Å². The standard InChI is InChI=1S/C13H10N4O/c1-2-12(18-9-1)16-11-5-8-15-13(17-11)10-3-6-14-7-4-10/h1-9H,(H,15,16,17). The maximum absolute atomic E-state index is 5.20. The van der Waals surface area contributed by atoms with E-state index in [1.165, 1.54) is 0 Å². The molecule has 18 heavy (non-hydrogen) atoms. The fraction of sp³-hybridized carbons (Fsp3) is 0. The van der Waals surface area contributed by atoms with Crippen LogP contribution in [0.3, 0.4) is 0 Å². The van der Waals surface area contributed by atoms with E-state index >= 15 is 0 Å². The molecule has 3 aromatic heterocycles. The molecule has 5 heteroatoms. The summed E-state index contributed by atoms with van der Waals surface area (Å²) in [6, 6.07) is 9.16. The van der Waals surface area contributed by atoms with E-state index in [-0.39, 0.29) is 0 Å². The quantitative estimate of drug-likeness (QED) is 0.760. The molecule has 0 aliphatic rings.